The number of carbonyl (C=O) groups excluding carboxylic acids is 2. The average molecular weight is 847 g/mol. The maximum absolute atomic E-state index is 15.7. The summed E-state index contributed by atoms with van der Waals surface area (Å²) in [4.78, 5) is 31.4. The highest BCUT2D eigenvalue weighted by Crippen LogP contribution is 2.47. The first kappa shape index (κ1) is 44.9. The number of hydrogen-bond donors (Lipinski definition) is 4. The van der Waals surface area contributed by atoms with Crippen molar-refractivity contribution in [2.75, 3.05) is 21.3 Å². The van der Waals surface area contributed by atoms with E-state index >= 15 is 9.59 Å². The zero-order chi connectivity index (χ0) is 45.0. The van der Waals surface area contributed by atoms with Gasteiger partial charge in [-0.15, -0.1) is 0 Å². The van der Waals surface area contributed by atoms with E-state index < -0.39 is 11.6 Å². The van der Waals surface area contributed by atoms with Gasteiger partial charge >= 0.3 is 0 Å². The Labute approximate surface area is 378 Å². The van der Waals surface area contributed by atoms with Crippen LogP contribution >= 0.6 is 0 Å². The maximum atomic E-state index is 15.7. The fourth-order valence-corrected chi connectivity index (χ4v) is 8.35. The van der Waals surface area contributed by atoms with Crippen molar-refractivity contribution in [3.8, 4) is 12.1 Å². The summed E-state index contributed by atoms with van der Waals surface area (Å²) in [6.07, 6.45) is 12.4. The first-order valence-electron chi connectivity index (χ1n) is 23.0. The van der Waals surface area contributed by atoms with Crippen molar-refractivity contribution in [1.29, 1.82) is 10.5 Å². The first-order valence-corrected chi connectivity index (χ1v) is 23.0. The Balaban J connectivity index is 1.42. The van der Waals surface area contributed by atoms with Gasteiger partial charge in [-0.05, 0) is 134 Å². The van der Waals surface area contributed by atoms with E-state index in [0.717, 1.165) is 99.6 Å². The largest absolute Gasteiger partial charge is 0.355 e. The van der Waals surface area contributed by atoms with Crippen LogP contribution in [0.3, 0.4) is 0 Å². The lowest BCUT2D eigenvalue weighted by molar-refractivity contribution is 0.0981. The minimum atomic E-state index is -0.453. The van der Waals surface area contributed by atoms with Gasteiger partial charge in [0.25, 0.3) is 0 Å². The molecule has 0 aromatic heterocycles. The van der Waals surface area contributed by atoms with Crippen LogP contribution in [0.2, 0.25) is 0 Å². The third kappa shape index (κ3) is 10.0. The number of fused-ring (bicyclic) bond motifs is 2. The van der Waals surface area contributed by atoms with Gasteiger partial charge in [0.15, 0.2) is 11.6 Å². The summed E-state index contributed by atoms with van der Waals surface area (Å²) >= 11 is 0. The molecule has 64 heavy (non-hydrogen) atoms. The number of aryl methyl sites for hydroxylation is 4. The Morgan fingerprint density at radius 1 is 0.375 bits per heavy atom. The summed E-state index contributed by atoms with van der Waals surface area (Å²) < 4.78 is 0. The van der Waals surface area contributed by atoms with Crippen LogP contribution in [0.25, 0.3) is 0 Å². The van der Waals surface area contributed by atoms with Crippen LogP contribution in [-0.2, 0) is 25.7 Å². The van der Waals surface area contributed by atoms with Crippen LogP contribution in [-0.4, -0.2) is 11.6 Å². The molecule has 0 bridgehead atoms. The van der Waals surface area contributed by atoms with Gasteiger partial charge in [-0.25, -0.2) is 0 Å². The normalized spacial score (nSPS) is 11.6. The quantitative estimate of drug-likeness (QED) is 0.0597. The Morgan fingerprint density at radius 2 is 0.641 bits per heavy atom. The maximum Gasteiger partial charge on any atom is 0.198 e. The SMILES string of the molecule is CCCCc1ccc(Nc2ccc(Nc3ccc(CCCC)cc3)c3c2C(=O)c2c(Nc4ccc(CCCC)cc4)c(C#N)c(C#N)c(Nc4ccc(CCCC)cc4)c2C3=O)cc1. The topological polar surface area (TPSA) is 130 Å². The van der Waals surface area contributed by atoms with E-state index in [9.17, 15) is 10.5 Å². The van der Waals surface area contributed by atoms with Crippen LogP contribution in [0.5, 0.6) is 0 Å². The third-order valence-corrected chi connectivity index (χ3v) is 12.0. The summed E-state index contributed by atoms with van der Waals surface area (Å²) in [5.41, 5.74) is 9.03. The molecule has 0 aliphatic heterocycles. The van der Waals surface area contributed by atoms with Crippen molar-refractivity contribution in [2.24, 2.45) is 0 Å². The highest BCUT2D eigenvalue weighted by Gasteiger charge is 2.41. The fraction of sp³-hybridized carbons (Fsp3) is 0.286. The van der Waals surface area contributed by atoms with E-state index in [1.807, 2.05) is 84.9 Å². The Morgan fingerprint density at radius 3 is 0.891 bits per heavy atom. The molecule has 0 amide bonds. The predicted molar refractivity (Wildman–Crippen MR) is 263 cm³/mol. The highest BCUT2D eigenvalue weighted by atomic mass is 16.1. The Bertz CT molecular complexity index is 2500. The lowest BCUT2D eigenvalue weighted by Crippen LogP contribution is -2.27. The molecule has 7 rings (SSSR count). The van der Waals surface area contributed by atoms with Gasteiger partial charge in [0, 0.05) is 22.7 Å². The number of hydrogen-bond acceptors (Lipinski definition) is 8. The monoisotopic (exact) mass is 846 g/mol. The molecule has 0 spiro atoms. The number of nitrogens with one attached hydrogen (secondary N) is 4. The van der Waals surface area contributed by atoms with Gasteiger partial charge in [-0.1, -0.05) is 102 Å². The summed E-state index contributed by atoms with van der Waals surface area (Å²) in [6.45, 7) is 8.66. The lowest BCUT2D eigenvalue weighted by atomic mass is 9.78. The number of rotatable bonds is 20. The smallest absolute Gasteiger partial charge is 0.198 e. The lowest BCUT2D eigenvalue weighted by Gasteiger charge is -2.29. The van der Waals surface area contributed by atoms with E-state index in [0.29, 0.717) is 22.7 Å². The van der Waals surface area contributed by atoms with E-state index in [2.05, 4.69) is 85.4 Å². The summed E-state index contributed by atoms with van der Waals surface area (Å²) in [5, 5.41) is 35.5. The molecular weight excluding hydrogens is 789 g/mol. The molecule has 324 valence electrons. The van der Waals surface area contributed by atoms with Crippen LogP contribution in [0.15, 0.2) is 109 Å². The number of carbonyl (C=O) groups is 2. The molecule has 8 nitrogen and oxygen atoms in total. The minimum absolute atomic E-state index is 0.0283. The summed E-state index contributed by atoms with van der Waals surface area (Å²) in [5.74, 6) is -0.905. The molecular formula is C56H58N6O2. The number of nitrogens with zero attached hydrogens (tertiary/aromatic N) is 2. The second-order valence-electron chi connectivity index (χ2n) is 16.7. The molecule has 6 aromatic rings. The predicted octanol–water partition coefficient (Wildman–Crippen LogP) is 14.6. The zero-order valence-electron chi connectivity index (χ0n) is 37.6. The van der Waals surface area contributed by atoms with E-state index in [1.54, 1.807) is 0 Å². The van der Waals surface area contributed by atoms with Crippen molar-refractivity contribution in [1.82, 2.24) is 0 Å². The molecule has 1 aliphatic rings. The van der Waals surface area contributed by atoms with Gasteiger partial charge < -0.3 is 21.3 Å². The van der Waals surface area contributed by atoms with Gasteiger partial charge in [-0.3, -0.25) is 9.59 Å². The van der Waals surface area contributed by atoms with Crippen LogP contribution < -0.4 is 21.3 Å². The molecule has 0 unspecified atom stereocenters. The molecule has 4 N–H and O–H groups in total. The molecule has 8 heteroatoms. The van der Waals surface area contributed by atoms with Crippen molar-refractivity contribution in [3.63, 3.8) is 0 Å². The first-order chi connectivity index (χ1) is 31.3. The van der Waals surface area contributed by atoms with E-state index in [4.69, 9.17) is 0 Å². The van der Waals surface area contributed by atoms with Crippen LogP contribution in [0.1, 0.15) is 144 Å². The highest BCUT2D eigenvalue weighted by molar-refractivity contribution is 6.36. The number of ketones is 2. The molecule has 1 aliphatic carbocycles. The van der Waals surface area contributed by atoms with E-state index in [-0.39, 0.29) is 44.8 Å². The second-order valence-corrected chi connectivity index (χ2v) is 16.7. The van der Waals surface area contributed by atoms with Gasteiger partial charge in [0.2, 0.25) is 0 Å². The van der Waals surface area contributed by atoms with Crippen LogP contribution in [0.4, 0.5) is 45.5 Å². The van der Waals surface area contributed by atoms with E-state index in [1.165, 1.54) is 11.1 Å². The number of benzene rings is 6. The molecule has 0 heterocycles. The van der Waals surface area contributed by atoms with Crippen molar-refractivity contribution >= 4 is 57.1 Å². The van der Waals surface area contributed by atoms with Gasteiger partial charge in [0.1, 0.15) is 12.1 Å². The van der Waals surface area contributed by atoms with Crippen molar-refractivity contribution < 1.29 is 9.59 Å². The molecule has 0 atom stereocenters. The zero-order valence-corrected chi connectivity index (χ0v) is 37.6. The summed E-state index contributed by atoms with van der Waals surface area (Å²) in [6, 6.07) is 40.2. The molecule has 6 aromatic carbocycles. The second kappa shape index (κ2) is 21.3. The molecule has 0 saturated heterocycles. The Hall–Kier alpha value is -7.16. The molecule has 0 fully saturated rings. The van der Waals surface area contributed by atoms with Crippen molar-refractivity contribution in [2.45, 2.75) is 105 Å². The Kier molecular flexibility index (Phi) is 14.9. The number of nitriles is 2. The number of unbranched alkanes of at least 4 members (excludes halogenated alkanes) is 4. The van der Waals surface area contributed by atoms with Crippen molar-refractivity contribution in [3.05, 3.63) is 165 Å². The average Bonchev–Trinajstić information content (AvgIpc) is 3.32. The molecule has 0 radical (unpaired) electrons. The van der Waals surface area contributed by atoms with Crippen LogP contribution in [0, 0.1) is 22.7 Å². The minimum Gasteiger partial charge on any atom is -0.355 e. The number of anilines is 8. The fourth-order valence-electron chi connectivity index (χ4n) is 8.35. The standard InChI is InChI=1S/C56H58N6O2/c1-5-9-13-37-17-25-41(26-18-37)59-47-33-34-48(60-42-27-19-38(20-28-42)14-10-6-2)50-49(47)55(63)51-52(56(50)64)54(62-44-31-23-40(24-32-44)16-12-8-4)46(36-58)45(35-57)53(51)61-43-29-21-39(22-30-43)15-11-7-3/h17-34,59-62H,5-16H2,1-4H3. The van der Waals surface area contributed by atoms with Gasteiger partial charge in [0.05, 0.1) is 56.1 Å². The molecule has 0 saturated carbocycles. The third-order valence-electron chi connectivity index (χ3n) is 12.0. The van der Waals surface area contributed by atoms with Gasteiger partial charge in [-0.2, -0.15) is 10.5 Å². The summed E-state index contributed by atoms with van der Waals surface area (Å²) in [7, 11) is 0.